The molecule has 2 aromatic rings. The van der Waals surface area contributed by atoms with Crippen LogP contribution in [0.2, 0.25) is 0 Å². The Hall–Kier alpha value is -2.57. The number of aryl methyl sites for hydroxylation is 1. The molecule has 7 nitrogen and oxygen atoms in total. The van der Waals surface area contributed by atoms with Gasteiger partial charge >= 0.3 is 5.69 Å². The largest absolute Gasteiger partial charge is 0.380 e. The number of rotatable bonds is 5. The molecule has 0 saturated carbocycles. The van der Waals surface area contributed by atoms with Crippen LogP contribution >= 0.6 is 0 Å². The lowest BCUT2D eigenvalue weighted by atomic mass is 10.2. The number of nitro groups is 1. The van der Waals surface area contributed by atoms with Crippen molar-refractivity contribution in [3.8, 4) is 0 Å². The average Bonchev–Trinajstić information content (AvgIpc) is 2.75. The van der Waals surface area contributed by atoms with Crippen LogP contribution in [0.5, 0.6) is 0 Å². The first-order valence-electron chi connectivity index (χ1n) is 5.89. The van der Waals surface area contributed by atoms with Gasteiger partial charge in [-0.05, 0) is 19.1 Å². The second kappa shape index (κ2) is 5.38. The minimum atomic E-state index is -0.400. The molecule has 1 heterocycles. The van der Waals surface area contributed by atoms with E-state index in [1.807, 2.05) is 6.92 Å². The van der Waals surface area contributed by atoms with Crippen molar-refractivity contribution in [2.75, 3.05) is 17.2 Å². The molecule has 0 aliphatic heterocycles. The molecule has 0 fully saturated rings. The molecule has 0 aliphatic rings. The number of nitro benzene ring substituents is 1. The number of benzene rings is 1. The van der Waals surface area contributed by atoms with Gasteiger partial charge in [0, 0.05) is 25.9 Å². The molecule has 1 aromatic carbocycles. The van der Waals surface area contributed by atoms with Gasteiger partial charge in [0.05, 0.1) is 4.92 Å². The van der Waals surface area contributed by atoms with Gasteiger partial charge in [-0.25, -0.2) is 0 Å². The van der Waals surface area contributed by atoms with E-state index in [1.54, 1.807) is 42.2 Å². The van der Waals surface area contributed by atoms with Crippen molar-refractivity contribution in [3.05, 3.63) is 40.6 Å². The Bertz CT molecular complexity index is 594. The zero-order chi connectivity index (χ0) is 13.8. The van der Waals surface area contributed by atoms with E-state index >= 15 is 0 Å². The number of hydrogen-bond acceptors (Lipinski definition) is 5. The molecule has 0 atom stereocenters. The second-order valence-electron chi connectivity index (χ2n) is 3.99. The lowest BCUT2D eigenvalue weighted by Crippen LogP contribution is -2.04. The Morgan fingerprint density at radius 1 is 1.37 bits per heavy atom. The summed E-state index contributed by atoms with van der Waals surface area (Å²) in [5.74, 6) is 0.569. The number of para-hydroxylation sites is 1. The number of nitrogens with one attached hydrogen (secondary N) is 2. The van der Waals surface area contributed by atoms with Crippen LogP contribution in [-0.4, -0.2) is 21.2 Å². The van der Waals surface area contributed by atoms with Gasteiger partial charge in [0.25, 0.3) is 0 Å². The summed E-state index contributed by atoms with van der Waals surface area (Å²) in [6.07, 6.45) is 1.77. The summed E-state index contributed by atoms with van der Waals surface area (Å²) in [5, 5.41) is 21.3. The van der Waals surface area contributed by atoms with Crippen LogP contribution in [0.3, 0.4) is 0 Å². The maximum atomic E-state index is 11.2. The number of nitrogens with zero attached hydrogens (tertiary/aromatic N) is 3. The Kier molecular flexibility index (Phi) is 3.65. The van der Waals surface area contributed by atoms with Crippen molar-refractivity contribution in [1.29, 1.82) is 0 Å². The SMILES string of the molecule is CCNc1cccc(Nc2ccn(C)n2)c1[N+](=O)[O-]. The molecule has 2 N–H and O–H groups in total. The van der Waals surface area contributed by atoms with E-state index in [4.69, 9.17) is 0 Å². The first-order chi connectivity index (χ1) is 9.11. The fourth-order valence-electron chi connectivity index (χ4n) is 1.79. The molecule has 19 heavy (non-hydrogen) atoms. The number of hydrogen-bond donors (Lipinski definition) is 2. The fourth-order valence-corrected chi connectivity index (χ4v) is 1.79. The van der Waals surface area contributed by atoms with E-state index in [1.165, 1.54) is 0 Å². The van der Waals surface area contributed by atoms with E-state index in [0.29, 0.717) is 23.7 Å². The third kappa shape index (κ3) is 2.82. The molecule has 0 saturated heterocycles. The topological polar surface area (TPSA) is 85.0 Å². The summed E-state index contributed by atoms with van der Waals surface area (Å²) < 4.78 is 1.63. The Labute approximate surface area is 110 Å². The second-order valence-corrected chi connectivity index (χ2v) is 3.99. The van der Waals surface area contributed by atoms with E-state index in [-0.39, 0.29) is 5.69 Å². The highest BCUT2D eigenvalue weighted by atomic mass is 16.6. The van der Waals surface area contributed by atoms with Crippen molar-refractivity contribution < 1.29 is 4.92 Å². The summed E-state index contributed by atoms with van der Waals surface area (Å²) in [4.78, 5) is 10.8. The third-order valence-electron chi connectivity index (χ3n) is 2.56. The fraction of sp³-hybridized carbons (Fsp3) is 0.250. The van der Waals surface area contributed by atoms with E-state index < -0.39 is 4.92 Å². The van der Waals surface area contributed by atoms with Crippen molar-refractivity contribution in [3.63, 3.8) is 0 Å². The molecule has 0 spiro atoms. The average molecular weight is 261 g/mol. The lowest BCUT2D eigenvalue weighted by Gasteiger charge is -2.09. The monoisotopic (exact) mass is 261 g/mol. The molecular formula is C12H15N5O2. The smallest absolute Gasteiger partial charge is 0.315 e. The zero-order valence-electron chi connectivity index (χ0n) is 10.8. The van der Waals surface area contributed by atoms with Crippen LogP contribution in [0, 0.1) is 10.1 Å². The first-order valence-corrected chi connectivity index (χ1v) is 5.89. The Balaban J connectivity index is 2.38. The molecule has 1 aromatic heterocycles. The van der Waals surface area contributed by atoms with Crippen LogP contribution in [0.4, 0.5) is 22.9 Å². The van der Waals surface area contributed by atoms with Crippen molar-refractivity contribution >= 4 is 22.9 Å². The summed E-state index contributed by atoms with van der Waals surface area (Å²) in [5.41, 5.74) is 0.936. The summed E-state index contributed by atoms with van der Waals surface area (Å²) >= 11 is 0. The Morgan fingerprint density at radius 2 is 2.11 bits per heavy atom. The molecule has 100 valence electrons. The highest BCUT2D eigenvalue weighted by Crippen LogP contribution is 2.34. The van der Waals surface area contributed by atoms with Gasteiger partial charge in [-0.2, -0.15) is 5.10 Å². The third-order valence-corrected chi connectivity index (χ3v) is 2.56. The molecule has 0 radical (unpaired) electrons. The first kappa shape index (κ1) is 12.9. The van der Waals surface area contributed by atoms with Crippen LogP contribution in [0.15, 0.2) is 30.5 Å². The maximum Gasteiger partial charge on any atom is 0.315 e. The van der Waals surface area contributed by atoms with E-state index in [0.717, 1.165) is 0 Å². The minimum Gasteiger partial charge on any atom is -0.380 e. The van der Waals surface area contributed by atoms with Gasteiger partial charge in [-0.3, -0.25) is 14.8 Å². The van der Waals surface area contributed by atoms with Gasteiger partial charge in [-0.1, -0.05) is 6.07 Å². The Morgan fingerprint density at radius 3 is 2.68 bits per heavy atom. The molecule has 0 aliphatic carbocycles. The zero-order valence-corrected chi connectivity index (χ0v) is 10.8. The summed E-state index contributed by atoms with van der Waals surface area (Å²) in [6, 6.07) is 6.86. The van der Waals surface area contributed by atoms with E-state index in [9.17, 15) is 10.1 Å². The summed E-state index contributed by atoms with van der Waals surface area (Å²) in [7, 11) is 1.79. The van der Waals surface area contributed by atoms with Crippen LogP contribution in [0.1, 0.15) is 6.92 Å². The van der Waals surface area contributed by atoms with Crippen LogP contribution in [0.25, 0.3) is 0 Å². The highest BCUT2D eigenvalue weighted by molar-refractivity contribution is 5.78. The van der Waals surface area contributed by atoms with Gasteiger partial charge in [0.1, 0.15) is 11.4 Å². The predicted octanol–water partition coefficient (Wildman–Crippen LogP) is 2.50. The van der Waals surface area contributed by atoms with Gasteiger partial charge < -0.3 is 10.6 Å². The molecule has 7 heteroatoms. The molecule has 0 unspecified atom stereocenters. The van der Waals surface area contributed by atoms with Gasteiger partial charge in [0.2, 0.25) is 0 Å². The van der Waals surface area contributed by atoms with Crippen LogP contribution < -0.4 is 10.6 Å². The number of aromatic nitrogens is 2. The lowest BCUT2D eigenvalue weighted by molar-refractivity contribution is -0.383. The van der Waals surface area contributed by atoms with Crippen molar-refractivity contribution in [2.24, 2.45) is 7.05 Å². The van der Waals surface area contributed by atoms with Gasteiger partial charge in [0.15, 0.2) is 5.82 Å². The quantitative estimate of drug-likeness (QED) is 0.638. The maximum absolute atomic E-state index is 11.2. The predicted molar refractivity (Wildman–Crippen MR) is 73.8 cm³/mol. The minimum absolute atomic E-state index is 0.0232. The number of anilines is 3. The van der Waals surface area contributed by atoms with Crippen LogP contribution in [-0.2, 0) is 7.05 Å². The van der Waals surface area contributed by atoms with Crippen molar-refractivity contribution in [1.82, 2.24) is 9.78 Å². The molecular weight excluding hydrogens is 246 g/mol. The molecule has 2 rings (SSSR count). The molecule has 0 amide bonds. The normalized spacial score (nSPS) is 10.2. The highest BCUT2D eigenvalue weighted by Gasteiger charge is 2.19. The van der Waals surface area contributed by atoms with Gasteiger partial charge in [-0.15, -0.1) is 0 Å². The van der Waals surface area contributed by atoms with Crippen molar-refractivity contribution in [2.45, 2.75) is 6.92 Å². The standard InChI is InChI=1S/C12H15N5O2/c1-3-13-9-5-4-6-10(12(9)17(18)19)14-11-7-8-16(2)15-11/h4-8,13H,3H2,1-2H3,(H,14,15). The van der Waals surface area contributed by atoms with E-state index in [2.05, 4.69) is 15.7 Å². The summed E-state index contributed by atoms with van der Waals surface area (Å²) in [6.45, 7) is 2.51. The molecule has 0 bridgehead atoms.